The van der Waals surface area contributed by atoms with Gasteiger partial charge in [0.1, 0.15) is 0 Å². The molecule has 13 heavy (non-hydrogen) atoms. The van der Waals surface area contributed by atoms with Crippen molar-refractivity contribution in [3.05, 3.63) is 12.2 Å². The molecule has 4 N–H and O–H groups in total. The van der Waals surface area contributed by atoms with Gasteiger partial charge in [-0.3, -0.25) is 4.79 Å². The molecule has 0 fully saturated rings. The van der Waals surface area contributed by atoms with E-state index in [1.807, 2.05) is 0 Å². The van der Waals surface area contributed by atoms with Gasteiger partial charge < -0.3 is 20.4 Å². The van der Waals surface area contributed by atoms with E-state index in [0.29, 0.717) is 12.2 Å². The Morgan fingerprint density at radius 3 is 2.15 bits per heavy atom. The summed E-state index contributed by atoms with van der Waals surface area (Å²) in [7, 11) is 0. The lowest BCUT2D eigenvalue weighted by Gasteiger charge is -2.15. The lowest BCUT2D eigenvalue weighted by atomic mass is 10.1. The van der Waals surface area contributed by atoms with Crippen molar-refractivity contribution in [1.82, 2.24) is 0 Å². The Balaban J connectivity index is 4.07. The third-order valence-corrected chi connectivity index (χ3v) is 1.20. The Labute approximate surface area is 73.7 Å². The third kappa shape index (κ3) is 6.98. The number of hydrogen-bond acceptors (Lipinski definition) is 4. The monoisotopic (exact) mass is 190 g/mol. The van der Waals surface area contributed by atoms with Crippen LogP contribution in [0.5, 0.6) is 0 Å². The number of hydrogen-bond donors (Lipinski definition) is 4. The molecule has 6 heteroatoms. The Morgan fingerprint density at radius 2 is 1.77 bits per heavy atom. The molecule has 0 aliphatic rings. The van der Waals surface area contributed by atoms with Crippen molar-refractivity contribution in [2.24, 2.45) is 0 Å². The maximum Gasteiger partial charge on any atom is 0.328 e. The van der Waals surface area contributed by atoms with E-state index in [4.69, 9.17) is 20.4 Å². The maximum atomic E-state index is 10.0. The van der Waals surface area contributed by atoms with E-state index in [9.17, 15) is 9.59 Å². The molecule has 74 valence electrons. The van der Waals surface area contributed by atoms with E-state index in [2.05, 4.69) is 0 Å². The van der Waals surface area contributed by atoms with Crippen LogP contribution in [0.1, 0.15) is 12.8 Å². The fraction of sp³-hybridized carbons (Fsp3) is 0.429. The third-order valence-electron chi connectivity index (χ3n) is 1.20. The Morgan fingerprint density at radius 1 is 1.23 bits per heavy atom. The fourth-order valence-corrected chi connectivity index (χ4v) is 0.579. The lowest BCUT2D eigenvalue weighted by Crippen LogP contribution is -2.26. The summed E-state index contributed by atoms with van der Waals surface area (Å²) < 4.78 is 0. The van der Waals surface area contributed by atoms with Crippen LogP contribution in [0.15, 0.2) is 12.2 Å². The minimum atomic E-state index is -2.38. The van der Waals surface area contributed by atoms with Crippen molar-refractivity contribution in [2.75, 3.05) is 0 Å². The zero-order chi connectivity index (χ0) is 10.5. The molecule has 0 aromatic carbocycles. The molecule has 0 saturated heterocycles. The predicted molar refractivity (Wildman–Crippen MR) is 40.8 cm³/mol. The molecule has 0 saturated carbocycles. The molecule has 0 aliphatic carbocycles. The summed E-state index contributed by atoms with van der Waals surface area (Å²) in [5.74, 6) is -4.89. The van der Waals surface area contributed by atoms with E-state index in [1.165, 1.54) is 0 Å². The number of carbonyl (C=O) groups is 2. The van der Waals surface area contributed by atoms with E-state index < -0.39 is 30.6 Å². The Bertz CT molecular complexity index is 229. The van der Waals surface area contributed by atoms with Crippen LogP contribution < -0.4 is 0 Å². The van der Waals surface area contributed by atoms with Gasteiger partial charge >= 0.3 is 11.9 Å². The second-order valence-electron chi connectivity index (χ2n) is 2.44. The van der Waals surface area contributed by atoms with Crippen LogP contribution in [0.25, 0.3) is 0 Å². The highest BCUT2D eigenvalue weighted by Gasteiger charge is 2.20. The number of aliphatic carboxylic acids is 2. The second kappa shape index (κ2) is 4.58. The molecule has 0 rings (SSSR count). The molecular weight excluding hydrogens is 180 g/mol. The van der Waals surface area contributed by atoms with Gasteiger partial charge in [-0.2, -0.15) is 0 Å². The zero-order valence-corrected chi connectivity index (χ0v) is 6.67. The Kier molecular flexibility index (Phi) is 4.09. The van der Waals surface area contributed by atoms with E-state index in [1.54, 1.807) is 0 Å². The molecular formula is C7H10O6. The van der Waals surface area contributed by atoms with Crippen LogP contribution in [0.3, 0.4) is 0 Å². The summed E-state index contributed by atoms with van der Waals surface area (Å²) in [5.41, 5.74) is 0. The van der Waals surface area contributed by atoms with Crippen molar-refractivity contribution in [3.63, 3.8) is 0 Å². The highest BCUT2D eigenvalue weighted by atomic mass is 16.5. The van der Waals surface area contributed by atoms with Crippen LogP contribution in [0, 0.1) is 0 Å². The van der Waals surface area contributed by atoms with Crippen LogP contribution in [-0.4, -0.2) is 38.2 Å². The molecule has 0 amide bonds. The van der Waals surface area contributed by atoms with E-state index >= 15 is 0 Å². The van der Waals surface area contributed by atoms with Crippen molar-refractivity contribution < 1.29 is 30.0 Å². The van der Waals surface area contributed by atoms with Crippen molar-refractivity contribution in [2.45, 2.75) is 18.6 Å². The first-order valence-electron chi connectivity index (χ1n) is 3.42. The summed E-state index contributed by atoms with van der Waals surface area (Å²) in [6, 6.07) is 0. The smallest absolute Gasteiger partial charge is 0.328 e. The zero-order valence-electron chi connectivity index (χ0n) is 6.67. The van der Waals surface area contributed by atoms with E-state index in [-0.39, 0.29) is 0 Å². The minimum Gasteiger partial charge on any atom is -0.481 e. The largest absolute Gasteiger partial charge is 0.481 e. The van der Waals surface area contributed by atoms with Gasteiger partial charge in [0, 0.05) is 12.5 Å². The van der Waals surface area contributed by atoms with Crippen molar-refractivity contribution in [1.29, 1.82) is 0 Å². The van der Waals surface area contributed by atoms with Gasteiger partial charge in [-0.05, 0) is 6.08 Å². The average molecular weight is 190 g/mol. The summed E-state index contributed by atoms with van der Waals surface area (Å²) in [6.45, 7) is 0. The topological polar surface area (TPSA) is 115 Å². The summed E-state index contributed by atoms with van der Waals surface area (Å²) in [5, 5.41) is 34.2. The van der Waals surface area contributed by atoms with Gasteiger partial charge in [0.15, 0.2) is 5.79 Å². The van der Waals surface area contributed by atoms with Crippen molar-refractivity contribution >= 4 is 11.9 Å². The maximum absolute atomic E-state index is 10.0. The van der Waals surface area contributed by atoms with Crippen LogP contribution in [0.2, 0.25) is 0 Å². The van der Waals surface area contributed by atoms with Gasteiger partial charge in [0.05, 0.1) is 6.42 Å². The number of carboxylic acids is 2. The molecule has 0 radical (unpaired) electrons. The highest BCUT2D eigenvalue weighted by molar-refractivity contribution is 5.79. The van der Waals surface area contributed by atoms with Crippen LogP contribution >= 0.6 is 0 Å². The fourth-order valence-electron chi connectivity index (χ4n) is 0.579. The van der Waals surface area contributed by atoms with Gasteiger partial charge in [0.2, 0.25) is 0 Å². The van der Waals surface area contributed by atoms with Crippen LogP contribution in [-0.2, 0) is 9.59 Å². The normalized spacial score (nSPS) is 11.8. The van der Waals surface area contributed by atoms with E-state index in [0.717, 1.165) is 0 Å². The lowest BCUT2D eigenvalue weighted by molar-refractivity contribution is -0.148. The predicted octanol–water partition coefficient (Wildman–Crippen LogP) is -0.827. The summed E-state index contributed by atoms with van der Waals surface area (Å²) >= 11 is 0. The SMILES string of the molecule is O=C(O)/C=C/C(O)(O)CCC(=O)O. The molecule has 0 spiro atoms. The first-order valence-corrected chi connectivity index (χ1v) is 3.42. The standard InChI is InChI=1S/C7H10O6/c8-5(9)1-3-7(12,13)4-2-6(10)11/h1,3,12-13H,2,4H2,(H,8,9)(H,10,11)/b3-1+. The minimum absolute atomic E-state index is 0.447. The number of carboxylic acid groups (broad SMARTS) is 2. The van der Waals surface area contributed by atoms with Gasteiger partial charge in [-0.25, -0.2) is 4.79 Å². The second-order valence-corrected chi connectivity index (χ2v) is 2.44. The molecule has 0 aliphatic heterocycles. The Hall–Kier alpha value is -1.40. The average Bonchev–Trinajstić information content (AvgIpc) is 1.98. The quantitative estimate of drug-likeness (QED) is 0.332. The molecule has 0 unspecified atom stereocenters. The summed E-state index contributed by atoms with van der Waals surface area (Å²) in [4.78, 5) is 20.0. The van der Waals surface area contributed by atoms with Gasteiger partial charge in [-0.1, -0.05) is 0 Å². The molecule has 0 atom stereocenters. The molecule has 0 heterocycles. The molecule has 0 aromatic rings. The number of rotatable bonds is 5. The van der Waals surface area contributed by atoms with Gasteiger partial charge in [0.25, 0.3) is 0 Å². The molecule has 0 aromatic heterocycles. The first kappa shape index (κ1) is 11.6. The molecule has 6 nitrogen and oxygen atoms in total. The number of aliphatic hydroxyl groups is 2. The summed E-state index contributed by atoms with van der Waals surface area (Å²) in [6.07, 6.45) is 0.267. The molecule has 0 bridgehead atoms. The first-order chi connectivity index (χ1) is 5.83. The van der Waals surface area contributed by atoms with Crippen LogP contribution in [0.4, 0.5) is 0 Å². The van der Waals surface area contributed by atoms with Gasteiger partial charge in [-0.15, -0.1) is 0 Å². The highest BCUT2D eigenvalue weighted by Crippen LogP contribution is 2.10. The van der Waals surface area contributed by atoms with Crippen molar-refractivity contribution in [3.8, 4) is 0 Å².